The van der Waals surface area contributed by atoms with Crippen molar-refractivity contribution >= 4 is 62.0 Å². The van der Waals surface area contributed by atoms with Gasteiger partial charge < -0.3 is 25.4 Å². The normalized spacial score (nSPS) is 17.5. The fraction of sp³-hybridized carbons (Fsp3) is 0.370. The molecule has 11 nitrogen and oxygen atoms in total. The fourth-order valence-corrected chi connectivity index (χ4v) is 4.93. The third-order valence-electron chi connectivity index (χ3n) is 6.26. The van der Waals surface area contributed by atoms with E-state index in [0.29, 0.717) is 15.4 Å². The lowest BCUT2D eigenvalue weighted by Gasteiger charge is -2.40. The van der Waals surface area contributed by atoms with Gasteiger partial charge in [-0.05, 0) is 51.5 Å². The topological polar surface area (TPSA) is 146 Å². The van der Waals surface area contributed by atoms with E-state index >= 15 is 0 Å². The lowest BCUT2D eigenvalue weighted by atomic mass is 9.93. The van der Waals surface area contributed by atoms with E-state index in [9.17, 15) is 32.7 Å². The fourth-order valence-electron chi connectivity index (χ4n) is 4.58. The first-order valence-corrected chi connectivity index (χ1v) is 13.5. The molecule has 4 rings (SSSR count). The molecule has 3 heterocycles. The van der Waals surface area contributed by atoms with Crippen LogP contribution in [-0.2, 0) is 4.74 Å². The minimum atomic E-state index is -4.55. The zero-order valence-corrected chi connectivity index (χ0v) is 24.3. The molecule has 1 aromatic carbocycles. The predicted octanol–water partition coefficient (Wildman–Crippen LogP) is 6.02. The molecule has 2 aromatic heterocycles. The van der Waals surface area contributed by atoms with Gasteiger partial charge in [-0.15, -0.1) is 0 Å². The van der Waals surface area contributed by atoms with Crippen LogP contribution >= 0.6 is 15.9 Å². The molecule has 0 spiro atoms. The van der Waals surface area contributed by atoms with E-state index in [4.69, 9.17) is 4.74 Å². The van der Waals surface area contributed by atoms with Crippen LogP contribution in [-0.4, -0.2) is 64.1 Å². The lowest BCUT2D eigenvalue weighted by molar-refractivity contribution is -0.177. The third kappa shape index (κ3) is 7.78. The highest BCUT2D eigenvalue weighted by atomic mass is 79.9. The quantitative estimate of drug-likeness (QED) is 0.262. The molecule has 15 heteroatoms. The zero-order valence-electron chi connectivity index (χ0n) is 22.8. The van der Waals surface area contributed by atoms with E-state index in [1.54, 1.807) is 39.0 Å². The number of carboxylic acid groups (broad SMARTS) is 1. The molecule has 3 amide bonds. The van der Waals surface area contributed by atoms with Crippen LogP contribution in [0.25, 0.3) is 10.9 Å². The smallest absolute Gasteiger partial charge is 0.409 e. The van der Waals surface area contributed by atoms with Crippen molar-refractivity contribution in [1.82, 2.24) is 15.3 Å². The van der Waals surface area contributed by atoms with Gasteiger partial charge in [0.1, 0.15) is 5.60 Å². The Hall–Kier alpha value is -4.14. The Balaban J connectivity index is 1.65. The Morgan fingerprint density at radius 2 is 1.81 bits per heavy atom. The first kappa shape index (κ1) is 30.8. The summed E-state index contributed by atoms with van der Waals surface area (Å²) < 4.78 is 47.7. The molecule has 0 saturated carbocycles. The molecule has 0 aliphatic carbocycles. The summed E-state index contributed by atoms with van der Waals surface area (Å²) in [4.78, 5) is 47.0. The van der Waals surface area contributed by atoms with Crippen LogP contribution in [0.15, 0.2) is 47.2 Å². The summed E-state index contributed by atoms with van der Waals surface area (Å²) in [6.45, 7) is 4.49. The van der Waals surface area contributed by atoms with Crippen molar-refractivity contribution in [3.63, 3.8) is 0 Å². The Morgan fingerprint density at radius 1 is 1.07 bits per heavy atom. The number of benzene rings is 1. The Morgan fingerprint density at radius 3 is 2.48 bits per heavy atom. The first-order chi connectivity index (χ1) is 19.6. The number of fused-ring (bicyclic) bond motifs is 1. The highest BCUT2D eigenvalue weighted by molar-refractivity contribution is 9.10. The number of aromatic nitrogens is 2. The largest absolute Gasteiger partial charge is 0.465 e. The van der Waals surface area contributed by atoms with E-state index in [1.807, 2.05) is 0 Å². The molecule has 1 fully saturated rings. The maximum absolute atomic E-state index is 13.9. The number of ether oxygens (including phenoxy) is 1. The Labute approximate surface area is 247 Å². The molecule has 42 heavy (non-hydrogen) atoms. The van der Waals surface area contributed by atoms with Crippen molar-refractivity contribution in [3.8, 4) is 0 Å². The number of piperidine rings is 1. The van der Waals surface area contributed by atoms with Gasteiger partial charge >= 0.3 is 18.4 Å². The van der Waals surface area contributed by atoms with Crippen LogP contribution in [0.5, 0.6) is 0 Å². The highest BCUT2D eigenvalue weighted by Crippen LogP contribution is 2.37. The summed E-state index contributed by atoms with van der Waals surface area (Å²) in [5.74, 6) is -2.60. The summed E-state index contributed by atoms with van der Waals surface area (Å²) in [6.07, 6.45) is -4.54. The highest BCUT2D eigenvalue weighted by Gasteiger charge is 2.45. The average molecular weight is 653 g/mol. The molecule has 0 bridgehead atoms. The molecule has 1 aliphatic heterocycles. The van der Waals surface area contributed by atoms with Gasteiger partial charge in [0.25, 0.3) is 5.91 Å². The average Bonchev–Trinajstić information content (AvgIpc) is 2.86. The van der Waals surface area contributed by atoms with Gasteiger partial charge in [0.05, 0.1) is 40.7 Å². The number of amides is 3. The number of rotatable bonds is 5. The summed E-state index contributed by atoms with van der Waals surface area (Å²) in [5, 5.41) is 17.2. The number of anilines is 3. The van der Waals surface area contributed by atoms with Crippen molar-refractivity contribution in [2.45, 2.75) is 45.0 Å². The summed E-state index contributed by atoms with van der Waals surface area (Å²) >= 11 is 3.33. The molecule has 1 saturated heterocycles. The minimum absolute atomic E-state index is 0.00716. The van der Waals surface area contributed by atoms with E-state index < -0.39 is 48.4 Å². The number of hydrogen-bond acceptors (Lipinski definition) is 7. The standard InChI is InChI=1S/C27H28BrF3N6O5/c1-26(2,3)42-25(41)33-17-9-15(27(29,30)31)12-37(13-17)21-6-7-32-11-20(21)35-23(38)22-19(36-24(39)40)8-14-4-5-16(28)10-18(14)34-22/h4-8,10-11,15,17,36H,9,12-13H2,1-3H3,(H,33,41)(H,35,38)(H,39,40)/t15-,17+/m0/s1. The third-order valence-corrected chi connectivity index (χ3v) is 6.75. The molecule has 1 aliphatic rings. The molecule has 0 unspecified atom stereocenters. The molecule has 3 aromatic rings. The van der Waals surface area contributed by atoms with Crippen molar-refractivity contribution in [2.75, 3.05) is 28.6 Å². The molecule has 4 N–H and O–H groups in total. The van der Waals surface area contributed by atoms with E-state index in [1.165, 1.54) is 29.4 Å². The van der Waals surface area contributed by atoms with E-state index in [2.05, 4.69) is 41.8 Å². The van der Waals surface area contributed by atoms with E-state index in [-0.39, 0.29) is 35.7 Å². The zero-order chi connectivity index (χ0) is 30.8. The first-order valence-electron chi connectivity index (χ1n) is 12.8. The molecular weight excluding hydrogens is 625 g/mol. The Kier molecular flexibility index (Phi) is 8.80. The number of hydrogen-bond donors (Lipinski definition) is 4. The number of carbonyl (C=O) groups excluding carboxylic acids is 2. The van der Waals surface area contributed by atoms with Gasteiger partial charge in [0.2, 0.25) is 0 Å². The maximum atomic E-state index is 13.9. The van der Waals surface area contributed by atoms with Gasteiger partial charge in [-0.2, -0.15) is 13.2 Å². The number of halogens is 4. The number of pyridine rings is 2. The van der Waals surface area contributed by atoms with Gasteiger partial charge in [-0.1, -0.05) is 22.0 Å². The monoisotopic (exact) mass is 652 g/mol. The number of nitrogens with one attached hydrogen (secondary N) is 3. The van der Waals surface area contributed by atoms with Gasteiger partial charge in [-0.25, -0.2) is 14.6 Å². The molecule has 224 valence electrons. The van der Waals surface area contributed by atoms with Crippen molar-refractivity contribution < 1.29 is 37.4 Å². The summed E-state index contributed by atoms with van der Waals surface area (Å²) in [5.41, 5.74) is -0.493. The SMILES string of the molecule is CC(C)(C)OC(=O)N[C@@H]1C[C@H](C(F)(F)F)CN(c2ccncc2NC(=O)c2nc3cc(Br)ccc3cc2NC(=O)O)C1. The van der Waals surface area contributed by atoms with Crippen LogP contribution in [0.2, 0.25) is 0 Å². The predicted molar refractivity (Wildman–Crippen MR) is 153 cm³/mol. The molecule has 0 radical (unpaired) electrons. The van der Waals surface area contributed by atoms with Crippen LogP contribution in [0.3, 0.4) is 0 Å². The maximum Gasteiger partial charge on any atom is 0.409 e. The second-order valence-corrected chi connectivity index (χ2v) is 11.6. The summed E-state index contributed by atoms with van der Waals surface area (Å²) in [6, 6.07) is 7.05. The van der Waals surface area contributed by atoms with Crippen LogP contribution in [0.1, 0.15) is 37.7 Å². The lowest BCUT2D eigenvalue weighted by Crippen LogP contribution is -2.54. The molecular formula is C27H28BrF3N6O5. The number of alkyl carbamates (subject to hydrolysis) is 1. The number of nitrogens with zero attached hydrogens (tertiary/aromatic N) is 3. The summed E-state index contributed by atoms with van der Waals surface area (Å²) in [7, 11) is 0. The number of alkyl halides is 3. The van der Waals surface area contributed by atoms with Crippen LogP contribution in [0.4, 0.5) is 39.8 Å². The van der Waals surface area contributed by atoms with Crippen LogP contribution < -0.4 is 20.9 Å². The van der Waals surface area contributed by atoms with Crippen molar-refractivity contribution in [2.24, 2.45) is 5.92 Å². The van der Waals surface area contributed by atoms with Gasteiger partial charge in [0, 0.05) is 29.1 Å². The number of carbonyl (C=O) groups is 3. The second-order valence-electron chi connectivity index (χ2n) is 10.7. The van der Waals surface area contributed by atoms with Gasteiger partial charge in [-0.3, -0.25) is 15.1 Å². The molecule has 2 atom stereocenters. The minimum Gasteiger partial charge on any atom is -0.465 e. The van der Waals surface area contributed by atoms with E-state index in [0.717, 1.165) is 0 Å². The Bertz CT molecular complexity index is 1510. The van der Waals surface area contributed by atoms with Gasteiger partial charge in [0.15, 0.2) is 5.69 Å². The van der Waals surface area contributed by atoms with Crippen molar-refractivity contribution in [1.29, 1.82) is 0 Å². The van der Waals surface area contributed by atoms with Crippen molar-refractivity contribution in [3.05, 3.63) is 52.9 Å². The van der Waals surface area contributed by atoms with Crippen LogP contribution in [0, 0.1) is 5.92 Å². The second kappa shape index (κ2) is 12.0.